The van der Waals surface area contributed by atoms with Crippen LogP contribution >= 0.6 is 0 Å². The molecule has 11 heteroatoms. The Morgan fingerprint density at radius 1 is 1.19 bits per heavy atom. The van der Waals surface area contributed by atoms with E-state index in [1.165, 1.54) is 21.8 Å². The molecule has 0 spiro atoms. The van der Waals surface area contributed by atoms with Crippen molar-refractivity contribution in [3.8, 4) is 5.75 Å². The first-order chi connectivity index (χ1) is 17.1. The van der Waals surface area contributed by atoms with Crippen LogP contribution in [0.25, 0.3) is 0 Å². The lowest BCUT2D eigenvalue weighted by Crippen LogP contribution is -2.57. The quantitative estimate of drug-likeness (QED) is 0.584. The fraction of sp³-hybridized carbons (Fsp3) is 0.440. The predicted octanol–water partition coefficient (Wildman–Crippen LogP) is 2.34. The van der Waals surface area contributed by atoms with Crippen molar-refractivity contribution in [1.29, 1.82) is 0 Å². The Morgan fingerprint density at radius 2 is 1.94 bits per heavy atom. The highest BCUT2D eigenvalue weighted by Gasteiger charge is 2.43. The Morgan fingerprint density at radius 3 is 2.64 bits per heavy atom. The van der Waals surface area contributed by atoms with Gasteiger partial charge in [-0.05, 0) is 26.3 Å². The number of aromatic nitrogens is 1. The maximum absolute atomic E-state index is 14.0. The number of hydrogen-bond acceptors (Lipinski definition) is 6. The van der Waals surface area contributed by atoms with Crippen LogP contribution in [0.5, 0.6) is 5.75 Å². The van der Waals surface area contributed by atoms with Crippen molar-refractivity contribution in [3.05, 3.63) is 63.1 Å². The summed E-state index contributed by atoms with van der Waals surface area (Å²) in [5.41, 5.74) is -1.08. The lowest BCUT2D eigenvalue weighted by atomic mass is 10.1. The molecule has 0 saturated carbocycles. The summed E-state index contributed by atoms with van der Waals surface area (Å²) in [5.74, 6) is -3.29. The number of nitrogens with zero attached hydrogens (tertiary/aromatic N) is 3. The van der Waals surface area contributed by atoms with Crippen LogP contribution in [0.4, 0.5) is 8.78 Å². The number of ether oxygens (including phenoxy) is 1. The highest BCUT2D eigenvalue weighted by atomic mass is 19.1. The number of carbonyl (C=O) groups is 3. The van der Waals surface area contributed by atoms with E-state index in [1.807, 2.05) is 13.8 Å². The van der Waals surface area contributed by atoms with E-state index in [0.717, 1.165) is 12.5 Å². The van der Waals surface area contributed by atoms with Crippen molar-refractivity contribution in [2.75, 3.05) is 18.3 Å². The van der Waals surface area contributed by atoms with Gasteiger partial charge in [-0.25, -0.2) is 8.78 Å². The standard InChI is InChI=1S/C25H28F2N4O5/c1-4-5-8-36-23-21-25(35)29-13-31(14(2)9-20(32)15(29)3)30(21)12-18(22(23)33)24(34)28-11-16-6-7-17(26)10-19(16)27/h6-7,10,12,14-15H,4-5,8-9,11,13H2,1-3H3,(H,28,34)/t14-,15-/m0/s1. The van der Waals surface area contributed by atoms with E-state index in [2.05, 4.69) is 5.32 Å². The van der Waals surface area contributed by atoms with Crippen LogP contribution in [0, 0.1) is 11.6 Å². The smallest absolute Gasteiger partial charge is 0.278 e. The van der Waals surface area contributed by atoms with Crippen molar-refractivity contribution in [1.82, 2.24) is 14.9 Å². The number of nitrogens with one attached hydrogen (secondary N) is 1. The topological polar surface area (TPSA) is 101 Å². The minimum Gasteiger partial charge on any atom is -0.487 e. The third-order valence-electron chi connectivity index (χ3n) is 6.57. The number of rotatable bonds is 7. The SMILES string of the molecule is CCCCOc1c2n(cc(C(=O)NCc3ccc(F)cc3F)c1=O)N1CN(C2=O)[C@@H](C)C(=O)C[C@@H]1C. The van der Waals surface area contributed by atoms with Crippen LogP contribution in [0.15, 0.2) is 29.2 Å². The monoisotopic (exact) mass is 502 g/mol. The molecule has 0 radical (unpaired) electrons. The summed E-state index contributed by atoms with van der Waals surface area (Å²) in [6.07, 6.45) is 2.83. The molecule has 3 heterocycles. The molecular formula is C25H28F2N4O5. The van der Waals surface area contributed by atoms with E-state index in [9.17, 15) is 28.0 Å². The molecule has 36 heavy (non-hydrogen) atoms. The number of hydrogen-bond donors (Lipinski definition) is 1. The largest absolute Gasteiger partial charge is 0.487 e. The van der Waals surface area contributed by atoms with Gasteiger partial charge in [-0.2, -0.15) is 0 Å². The zero-order chi connectivity index (χ0) is 26.1. The minimum absolute atomic E-state index is 0.0432. The third-order valence-corrected chi connectivity index (χ3v) is 6.57. The van der Waals surface area contributed by atoms with E-state index in [-0.39, 0.29) is 60.6 Å². The van der Waals surface area contributed by atoms with Gasteiger partial charge in [0.25, 0.3) is 11.8 Å². The van der Waals surface area contributed by atoms with Crippen LogP contribution in [0.1, 0.15) is 66.4 Å². The summed E-state index contributed by atoms with van der Waals surface area (Å²) in [4.78, 5) is 53.9. The third kappa shape index (κ3) is 4.57. The van der Waals surface area contributed by atoms with Gasteiger partial charge in [-0.15, -0.1) is 0 Å². The van der Waals surface area contributed by atoms with E-state index >= 15 is 0 Å². The molecule has 2 aliphatic heterocycles. The maximum Gasteiger partial charge on any atom is 0.278 e. The molecule has 1 aromatic heterocycles. The maximum atomic E-state index is 14.0. The fourth-order valence-electron chi connectivity index (χ4n) is 4.34. The predicted molar refractivity (Wildman–Crippen MR) is 126 cm³/mol. The molecule has 2 aromatic rings. The van der Waals surface area contributed by atoms with Crippen molar-refractivity contribution < 1.29 is 27.9 Å². The van der Waals surface area contributed by atoms with Gasteiger partial charge in [-0.3, -0.25) is 28.9 Å². The van der Waals surface area contributed by atoms with Crippen LogP contribution in [0.3, 0.4) is 0 Å². The van der Waals surface area contributed by atoms with Crippen molar-refractivity contribution in [2.45, 2.75) is 58.7 Å². The molecular weight excluding hydrogens is 474 g/mol. The highest BCUT2D eigenvalue weighted by molar-refractivity contribution is 6.02. The molecule has 2 aliphatic rings. The zero-order valence-corrected chi connectivity index (χ0v) is 20.3. The first kappa shape index (κ1) is 25.3. The van der Waals surface area contributed by atoms with Gasteiger partial charge in [0.2, 0.25) is 5.43 Å². The first-order valence-electron chi connectivity index (χ1n) is 11.9. The van der Waals surface area contributed by atoms with Gasteiger partial charge in [0.15, 0.2) is 17.2 Å². The number of fused-ring (bicyclic) bond motifs is 4. The van der Waals surface area contributed by atoms with Crippen molar-refractivity contribution in [2.24, 2.45) is 0 Å². The zero-order valence-electron chi connectivity index (χ0n) is 20.3. The van der Waals surface area contributed by atoms with Crippen molar-refractivity contribution >= 4 is 17.6 Å². The Kier molecular flexibility index (Phi) is 7.09. The van der Waals surface area contributed by atoms with E-state index in [0.29, 0.717) is 12.5 Å². The summed E-state index contributed by atoms with van der Waals surface area (Å²) in [5, 5.41) is 4.22. The Bertz CT molecular complexity index is 1280. The van der Waals surface area contributed by atoms with Crippen molar-refractivity contribution in [3.63, 3.8) is 0 Å². The lowest BCUT2D eigenvalue weighted by Gasteiger charge is -2.41. The molecule has 2 amide bonds. The molecule has 192 valence electrons. The van der Waals surface area contributed by atoms with Crippen LogP contribution in [-0.4, -0.2) is 52.5 Å². The number of amides is 2. The average molecular weight is 503 g/mol. The minimum atomic E-state index is -0.830. The summed E-state index contributed by atoms with van der Waals surface area (Å²) in [6.45, 7) is 5.38. The summed E-state index contributed by atoms with van der Waals surface area (Å²) in [6, 6.07) is 1.97. The molecule has 1 N–H and O–H groups in total. The lowest BCUT2D eigenvalue weighted by molar-refractivity contribution is -0.122. The molecule has 0 unspecified atom stereocenters. The number of benzene rings is 1. The van der Waals surface area contributed by atoms with E-state index in [1.54, 1.807) is 11.9 Å². The molecule has 9 nitrogen and oxygen atoms in total. The number of carbonyl (C=O) groups excluding carboxylic acids is 3. The number of pyridine rings is 1. The number of unbranched alkanes of at least 4 members (excludes halogenated alkanes) is 1. The van der Waals surface area contributed by atoms with Gasteiger partial charge < -0.3 is 15.0 Å². The highest BCUT2D eigenvalue weighted by Crippen LogP contribution is 2.28. The second kappa shape index (κ2) is 10.1. The molecule has 1 saturated heterocycles. The Labute approximate surface area is 206 Å². The Hall–Kier alpha value is -3.76. The van der Waals surface area contributed by atoms with Crippen LogP contribution in [0.2, 0.25) is 0 Å². The molecule has 1 fully saturated rings. The van der Waals surface area contributed by atoms with E-state index < -0.39 is 34.9 Å². The average Bonchev–Trinajstić information content (AvgIpc) is 2.93. The molecule has 0 aliphatic carbocycles. The molecule has 2 atom stereocenters. The van der Waals surface area contributed by atoms with Gasteiger partial charge in [-0.1, -0.05) is 19.4 Å². The molecule has 4 rings (SSSR count). The normalized spacial score (nSPS) is 19.1. The number of Topliss-reactive ketones (excluding diaryl/α,β-unsaturated/α-hetero) is 1. The molecule has 2 bridgehead atoms. The summed E-state index contributed by atoms with van der Waals surface area (Å²) >= 11 is 0. The number of ketones is 1. The van der Waals surface area contributed by atoms with Gasteiger partial charge in [0.1, 0.15) is 23.9 Å². The fourth-order valence-corrected chi connectivity index (χ4v) is 4.34. The van der Waals surface area contributed by atoms with E-state index in [4.69, 9.17) is 4.74 Å². The number of halogens is 2. The van der Waals surface area contributed by atoms with Crippen LogP contribution in [-0.2, 0) is 11.3 Å². The Balaban J connectivity index is 1.76. The summed E-state index contributed by atoms with van der Waals surface area (Å²) in [7, 11) is 0. The first-order valence-corrected chi connectivity index (χ1v) is 11.9. The summed E-state index contributed by atoms with van der Waals surface area (Å²) < 4.78 is 34.4. The van der Waals surface area contributed by atoms with Crippen LogP contribution < -0.4 is 20.5 Å². The van der Waals surface area contributed by atoms with Gasteiger partial charge in [0, 0.05) is 30.8 Å². The molecule has 1 aromatic carbocycles. The van der Waals surface area contributed by atoms with Gasteiger partial charge >= 0.3 is 0 Å². The van der Waals surface area contributed by atoms with Gasteiger partial charge in [0.05, 0.1) is 18.7 Å². The second-order valence-electron chi connectivity index (χ2n) is 9.07. The second-order valence-corrected chi connectivity index (χ2v) is 9.07.